The summed E-state index contributed by atoms with van der Waals surface area (Å²) in [7, 11) is 2.11. The van der Waals surface area contributed by atoms with E-state index in [4.69, 9.17) is 0 Å². The first-order valence-electron chi connectivity index (χ1n) is 11.8. The second-order valence-electron chi connectivity index (χ2n) is 8.86. The molecule has 0 aliphatic heterocycles. The molecule has 1 aromatic heterocycles. The molecule has 6 aromatic rings. The number of hydrogen-bond donors (Lipinski definition) is 0. The Bertz CT molecular complexity index is 1600. The van der Waals surface area contributed by atoms with Crippen LogP contribution in [-0.4, -0.2) is 7.05 Å². The highest BCUT2D eigenvalue weighted by atomic mass is 32.1. The van der Waals surface area contributed by atoms with Crippen LogP contribution in [0.2, 0.25) is 0 Å². The van der Waals surface area contributed by atoms with Gasteiger partial charge in [-0.2, -0.15) is 0 Å². The van der Waals surface area contributed by atoms with Gasteiger partial charge in [-0.05, 0) is 85.8 Å². The van der Waals surface area contributed by atoms with Gasteiger partial charge in [0, 0.05) is 55.7 Å². The van der Waals surface area contributed by atoms with Gasteiger partial charge in [0.05, 0.1) is 0 Å². The van der Waals surface area contributed by atoms with Gasteiger partial charge in [-0.25, -0.2) is 0 Å². The summed E-state index contributed by atoms with van der Waals surface area (Å²) in [5.74, 6) is 0. The first kappa shape index (κ1) is 21.5. The molecule has 0 saturated heterocycles. The summed E-state index contributed by atoms with van der Waals surface area (Å²) in [6.45, 7) is 2.16. The molecule has 0 atom stereocenters. The summed E-state index contributed by atoms with van der Waals surface area (Å²) in [5, 5.41) is 2.65. The first-order chi connectivity index (χ1) is 17.2. The van der Waals surface area contributed by atoms with E-state index in [0.717, 1.165) is 22.7 Å². The Labute approximate surface area is 210 Å². The molecule has 35 heavy (non-hydrogen) atoms. The van der Waals surface area contributed by atoms with Gasteiger partial charge in [0.2, 0.25) is 0 Å². The number of anilines is 5. The predicted molar refractivity (Wildman–Crippen MR) is 153 cm³/mol. The molecule has 0 fully saturated rings. The van der Waals surface area contributed by atoms with Gasteiger partial charge in [-0.1, -0.05) is 48.0 Å². The number of hydrogen-bond acceptors (Lipinski definition) is 3. The maximum Gasteiger partial charge on any atom is 0.0468 e. The molecule has 0 saturated carbocycles. The molecule has 170 valence electrons. The summed E-state index contributed by atoms with van der Waals surface area (Å²) in [6.07, 6.45) is 0. The third-order valence-electron chi connectivity index (χ3n) is 6.52. The van der Waals surface area contributed by atoms with E-state index in [1.165, 1.54) is 31.4 Å². The fourth-order valence-corrected chi connectivity index (χ4v) is 5.74. The fourth-order valence-electron chi connectivity index (χ4n) is 4.67. The van der Waals surface area contributed by atoms with Gasteiger partial charge in [0.15, 0.2) is 0 Å². The van der Waals surface area contributed by atoms with Crippen molar-refractivity contribution in [3.63, 3.8) is 0 Å². The fraction of sp³-hybridized carbons (Fsp3) is 0.0625. The van der Waals surface area contributed by atoms with Gasteiger partial charge in [-0.3, -0.25) is 0 Å². The Hall–Kier alpha value is -4.08. The van der Waals surface area contributed by atoms with Crippen molar-refractivity contribution in [1.29, 1.82) is 0 Å². The molecule has 0 N–H and O–H groups in total. The average molecular weight is 471 g/mol. The van der Waals surface area contributed by atoms with E-state index in [1.807, 2.05) is 17.4 Å². The van der Waals surface area contributed by atoms with Crippen LogP contribution in [0.1, 0.15) is 5.56 Å². The van der Waals surface area contributed by atoms with Crippen LogP contribution in [0.4, 0.5) is 28.4 Å². The lowest BCUT2D eigenvalue weighted by Gasteiger charge is -2.27. The summed E-state index contributed by atoms with van der Waals surface area (Å²) in [4.78, 5) is 4.55. The molecule has 0 unspecified atom stereocenters. The number of thiophene rings is 1. The van der Waals surface area contributed by atoms with Gasteiger partial charge in [0.25, 0.3) is 0 Å². The summed E-state index contributed by atoms with van der Waals surface area (Å²) in [5.41, 5.74) is 7.06. The minimum atomic E-state index is 1.14. The zero-order valence-corrected chi connectivity index (χ0v) is 20.7. The second-order valence-corrected chi connectivity index (χ2v) is 9.95. The molecule has 6 rings (SSSR count). The standard InChI is InChI=1S/C32H26N2S/c1-23-13-19-31-29(21-23)30-22-28(18-20-32(30)35-31)34(26-11-7-4-8-12-26)27-16-14-25(15-17-27)33(2)24-9-5-3-6-10-24/h3-22H,1-2H3. The molecule has 3 heteroatoms. The minimum Gasteiger partial charge on any atom is -0.345 e. The lowest BCUT2D eigenvalue weighted by molar-refractivity contribution is 1.20. The van der Waals surface area contributed by atoms with Crippen LogP contribution in [0.3, 0.4) is 0 Å². The quantitative estimate of drug-likeness (QED) is 0.247. The third kappa shape index (κ3) is 4.05. The number of para-hydroxylation sites is 2. The highest BCUT2D eigenvalue weighted by Crippen LogP contribution is 2.41. The Balaban J connectivity index is 1.45. The molecule has 0 bridgehead atoms. The van der Waals surface area contributed by atoms with Crippen molar-refractivity contribution in [2.75, 3.05) is 16.8 Å². The van der Waals surface area contributed by atoms with Gasteiger partial charge >= 0.3 is 0 Å². The monoisotopic (exact) mass is 470 g/mol. The van der Waals surface area contributed by atoms with Crippen LogP contribution >= 0.6 is 11.3 Å². The SMILES string of the molecule is Cc1ccc2sc3ccc(N(c4ccccc4)c4ccc(N(C)c5ccccc5)cc4)cc3c2c1. The van der Waals surface area contributed by atoms with Gasteiger partial charge < -0.3 is 9.80 Å². The Morgan fingerprint density at radius 3 is 1.66 bits per heavy atom. The molecule has 0 aliphatic rings. The largest absolute Gasteiger partial charge is 0.345 e. The van der Waals surface area contributed by atoms with Crippen LogP contribution in [0, 0.1) is 6.92 Å². The van der Waals surface area contributed by atoms with E-state index < -0.39 is 0 Å². The van der Waals surface area contributed by atoms with Gasteiger partial charge in [0.1, 0.15) is 0 Å². The van der Waals surface area contributed by atoms with Crippen LogP contribution in [-0.2, 0) is 0 Å². The first-order valence-corrected chi connectivity index (χ1v) is 12.7. The molecule has 5 aromatic carbocycles. The van der Waals surface area contributed by atoms with Crippen molar-refractivity contribution >= 4 is 59.9 Å². The van der Waals surface area contributed by atoms with E-state index >= 15 is 0 Å². The van der Waals surface area contributed by atoms with Crippen molar-refractivity contribution in [3.05, 3.63) is 127 Å². The van der Waals surface area contributed by atoms with Crippen molar-refractivity contribution in [1.82, 2.24) is 0 Å². The van der Waals surface area contributed by atoms with Crippen LogP contribution in [0.5, 0.6) is 0 Å². The number of rotatable bonds is 5. The number of nitrogens with zero attached hydrogens (tertiary/aromatic N) is 2. The maximum atomic E-state index is 2.34. The maximum absolute atomic E-state index is 2.34. The van der Waals surface area contributed by atoms with E-state index in [0.29, 0.717) is 0 Å². The van der Waals surface area contributed by atoms with E-state index in [2.05, 4.69) is 139 Å². The highest BCUT2D eigenvalue weighted by Gasteiger charge is 2.15. The Morgan fingerprint density at radius 1 is 0.486 bits per heavy atom. The molecule has 1 heterocycles. The van der Waals surface area contributed by atoms with Crippen LogP contribution in [0.15, 0.2) is 121 Å². The van der Waals surface area contributed by atoms with E-state index in [-0.39, 0.29) is 0 Å². The van der Waals surface area contributed by atoms with Crippen molar-refractivity contribution < 1.29 is 0 Å². The zero-order chi connectivity index (χ0) is 23.8. The Morgan fingerprint density at radius 2 is 0.971 bits per heavy atom. The lowest BCUT2D eigenvalue weighted by atomic mass is 10.1. The zero-order valence-electron chi connectivity index (χ0n) is 19.8. The molecule has 0 radical (unpaired) electrons. The van der Waals surface area contributed by atoms with Crippen molar-refractivity contribution in [2.45, 2.75) is 6.92 Å². The summed E-state index contributed by atoms with van der Waals surface area (Å²) < 4.78 is 2.66. The van der Waals surface area contributed by atoms with Gasteiger partial charge in [-0.15, -0.1) is 11.3 Å². The highest BCUT2D eigenvalue weighted by molar-refractivity contribution is 7.25. The topological polar surface area (TPSA) is 6.48 Å². The number of aryl methyl sites for hydroxylation is 1. The van der Waals surface area contributed by atoms with Crippen LogP contribution < -0.4 is 9.80 Å². The van der Waals surface area contributed by atoms with E-state index in [9.17, 15) is 0 Å². The van der Waals surface area contributed by atoms with Crippen LogP contribution in [0.25, 0.3) is 20.2 Å². The summed E-state index contributed by atoms with van der Waals surface area (Å²) in [6, 6.07) is 43.5. The summed E-state index contributed by atoms with van der Waals surface area (Å²) >= 11 is 1.86. The normalized spacial score (nSPS) is 11.1. The third-order valence-corrected chi connectivity index (χ3v) is 7.67. The molecular weight excluding hydrogens is 444 g/mol. The average Bonchev–Trinajstić information content (AvgIpc) is 3.27. The Kier molecular flexibility index (Phi) is 5.48. The lowest BCUT2D eigenvalue weighted by Crippen LogP contribution is -2.11. The smallest absolute Gasteiger partial charge is 0.0468 e. The molecule has 0 amide bonds. The molecular formula is C32H26N2S. The van der Waals surface area contributed by atoms with Crippen molar-refractivity contribution in [3.8, 4) is 0 Å². The van der Waals surface area contributed by atoms with Crippen molar-refractivity contribution in [2.24, 2.45) is 0 Å². The minimum absolute atomic E-state index is 1.14. The molecule has 0 spiro atoms. The number of fused-ring (bicyclic) bond motifs is 3. The van der Waals surface area contributed by atoms with E-state index in [1.54, 1.807) is 0 Å². The molecule has 2 nitrogen and oxygen atoms in total. The number of benzene rings is 5. The predicted octanol–water partition coefficient (Wildman–Crippen LogP) is 9.60. The molecule has 0 aliphatic carbocycles. The second kappa shape index (κ2) is 8.94.